The molecular formula is C31H44O7. The van der Waals surface area contributed by atoms with E-state index in [4.69, 9.17) is 9.47 Å². The fourth-order valence-corrected chi connectivity index (χ4v) is 5.46. The highest BCUT2D eigenvalue weighted by molar-refractivity contribution is 5.94. The summed E-state index contributed by atoms with van der Waals surface area (Å²) in [5, 5.41) is 21.8. The molecule has 0 aromatic heterocycles. The molecule has 7 heteroatoms. The van der Waals surface area contributed by atoms with E-state index >= 15 is 0 Å². The number of Topliss-reactive ketones (excluding diaryl/α,β-unsaturated/α-hetero) is 2. The van der Waals surface area contributed by atoms with Gasteiger partial charge in [-0.05, 0) is 50.7 Å². The third kappa shape index (κ3) is 6.99. The molecule has 1 aromatic rings. The molecule has 7 atom stereocenters. The summed E-state index contributed by atoms with van der Waals surface area (Å²) < 4.78 is 12.0. The molecule has 0 radical (unpaired) electrons. The average molecular weight is 529 g/mol. The van der Waals surface area contributed by atoms with Gasteiger partial charge < -0.3 is 19.7 Å². The monoisotopic (exact) mass is 528 g/mol. The fourth-order valence-electron chi connectivity index (χ4n) is 5.46. The zero-order valence-corrected chi connectivity index (χ0v) is 23.8. The van der Waals surface area contributed by atoms with Crippen LogP contribution in [0.2, 0.25) is 0 Å². The second-order valence-corrected chi connectivity index (χ2v) is 12.2. The van der Waals surface area contributed by atoms with E-state index in [1.165, 1.54) is 6.92 Å². The summed E-state index contributed by atoms with van der Waals surface area (Å²) in [6.45, 7) is 12.3. The Bertz CT molecular complexity index is 1060. The Balaban J connectivity index is 1.86. The van der Waals surface area contributed by atoms with Crippen LogP contribution in [0.25, 0.3) is 6.08 Å². The van der Waals surface area contributed by atoms with Crippen molar-refractivity contribution in [3.05, 3.63) is 41.0 Å². The first-order chi connectivity index (χ1) is 17.7. The fraction of sp³-hybridized carbons (Fsp3) is 0.645. The van der Waals surface area contributed by atoms with E-state index < -0.39 is 35.6 Å². The van der Waals surface area contributed by atoms with E-state index in [-0.39, 0.29) is 35.6 Å². The molecule has 38 heavy (non-hydrogen) atoms. The second kappa shape index (κ2) is 11.8. The minimum atomic E-state index is -1.26. The SMILES string of the molecule is CC(=O)c1ccc(/C=C(\C)[C@@H]2C[C@@H]3O[C@]3(C)CCCC(C)C(O)[C@@H](C)C(=O)C(C)(C)[C@@H](O)CC(=O)O2)cc1. The number of ketones is 2. The Morgan fingerprint density at radius 1 is 1.05 bits per heavy atom. The van der Waals surface area contributed by atoms with E-state index in [1.54, 1.807) is 32.9 Å². The quantitative estimate of drug-likeness (QED) is 0.325. The number of carbonyl (C=O) groups is 3. The summed E-state index contributed by atoms with van der Waals surface area (Å²) in [7, 11) is 0. The van der Waals surface area contributed by atoms with Gasteiger partial charge in [0, 0.05) is 17.9 Å². The Labute approximate surface area is 226 Å². The predicted molar refractivity (Wildman–Crippen MR) is 145 cm³/mol. The van der Waals surface area contributed by atoms with Gasteiger partial charge in [0.15, 0.2) is 5.78 Å². The molecule has 3 rings (SSSR count). The normalized spacial score (nSPS) is 35.2. The number of rotatable bonds is 3. The van der Waals surface area contributed by atoms with Crippen molar-refractivity contribution >= 4 is 23.6 Å². The van der Waals surface area contributed by atoms with E-state index in [2.05, 4.69) is 6.92 Å². The van der Waals surface area contributed by atoms with E-state index in [0.29, 0.717) is 12.0 Å². The van der Waals surface area contributed by atoms with Gasteiger partial charge in [-0.15, -0.1) is 0 Å². The summed E-state index contributed by atoms with van der Waals surface area (Å²) in [5.41, 5.74) is 0.762. The number of cyclic esters (lactones) is 1. The Morgan fingerprint density at radius 2 is 1.68 bits per heavy atom. The van der Waals surface area contributed by atoms with Gasteiger partial charge >= 0.3 is 5.97 Å². The van der Waals surface area contributed by atoms with Crippen LogP contribution in [0.5, 0.6) is 0 Å². The molecule has 7 nitrogen and oxygen atoms in total. The zero-order valence-electron chi connectivity index (χ0n) is 23.8. The maximum atomic E-state index is 13.3. The molecule has 210 valence electrons. The first-order valence-corrected chi connectivity index (χ1v) is 13.7. The highest BCUT2D eigenvalue weighted by Gasteiger charge is 2.53. The second-order valence-electron chi connectivity index (χ2n) is 12.2. The summed E-state index contributed by atoms with van der Waals surface area (Å²) in [5.74, 6) is -1.64. The molecule has 2 N–H and O–H groups in total. The van der Waals surface area contributed by atoms with Gasteiger partial charge in [0.2, 0.25) is 0 Å². The number of aliphatic hydroxyl groups is 2. The number of benzene rings is 1. The summed E-state index contributed by atoms with van der Waals surface area (Å²) in [6, 6.07) is 7.23. The van der Waals surface area contributed by atoms with Gasteiger partial charge in [0.05, 0.1) is 35.7 Å². The number of hydrogen-bond acceptors (Lipinski definition) is 7. The number of aliphatic hydroxyl groups excluding tert-OH is 2. The summed E-state index contributed by atoms with van der Waals surface area (Å²) in [6.07, 6.45) is 1.71. The third-order valence-electron chi connectivity index (χ3n) is 8.63. The maximum Gasteiger partial charge on any atom is 0.309 e. The summed E-state index contributed by atoms with van der Waals surface area (Å²) in [4.78, 5) is 37.9. The van der Waals surface area contributed by atoms with Crippen LogP contribution >= 0.6 is 0 Å². The molecule has 2 fully saturated rings. The van der Waals surface area contributed by atoms with Crippen LogP contribution < -0.4 is 0 Å². The molecule has 2 aliphatic rings. The van der Waals surface area contributed by atoms with E-state index in [9.17, 15) is 24.6 Å². The van der Waals surface area contributed by atoms with Crippen LogP contribution in [-0.4, -0.2) is 57.8 Å². The first kappa shape index (κ1) is 30.2. The van der Waals surface area contributed by atoms with Crippen LogP contribution in [0, 0.1) is 17.3 Å². The molecule has 0 spiro atoms. The Hall–Kier alpha value is -2.35. The molecule has 0 bridgehead atoms. The molecule has 0 amide bonds. The standard InChI is InChI=1S/C31H44O7/c1-18-9-8-14-31(7)26(38-31)16-24(19(2)15-22-10-12-23(13-11-22)21(4)32)37-27(34)17-25(33)30(5,6)29(36)20(3)28(18)35/h10-13,15,18,20,24-26,28,33,35H,8-9,14,16-17H2,1-7H3/b19-15+/t18?,20-,24+,25+,26+,28?,31-/m1/s1. The van der Waals surface area contributed by atoms with Crippen LogP contribution in [0.15, 0.2) is 29.8 Å². The zero-order chi connectivity index (χ0) is 28.4. The predicted octanol–water partition coefficient (Wildman–Crippen LogP) is 4.92. The number of hydrogen-bond donors (Lipinski definition) is 2. The highest BCUT2D eigenvalue weighted by atomic mass is 16.6. The number of epoxide rings is 1. The molecule has 2 heterocycles. The van der Waals surface area contributed by atoms with Crippen molar-refractivity contribution in [2.24, 2.45) is 17.3 Å². The van der Waals surface area contributed by atoms with Gasteiger partial charge in [0.1, 0.15) is 11.9 Å². The largest absolute Gasteiger partial charge is 0.458 e. The number of carbonyl (C=O) groups excluding carboxylic acids is 3. The van der Waals surface area contributed by atoms with Crippen LogP contribution in [0.4, 0.5) is 0 Å². The van der Waals surface area contributed by atoms with Crippen molar-refractivity contribution in [1.29, 1.82) is 0 Å². The van der Waals surface area contributed by atoms with Crippen LogP contribution in [-0.2, 0) is 19.1 Å². The highest BCUT2D eigenvalue weighted by Crippen LogP contribution is 2.45. The number of fused-ring (bicyclic) bond motifs is 1. The van der Waals surface area contributed by atoms with Crippen molar-refractivity contribution < 1.29 is 34.1 Å². The van der Waals surface area contributed by atoms with Crippen LogP contribution in [0.3, 0.4) is 0 Å². The number of esters is 1. The molecule has 2 aliphatic heterocycles. The average Bonchev–Trinajstić information content (AvgIpc) is 3.50. The Kier molecular flexibility index (Phi) is 9.38. The maximum absolute atomic E-state index is 13.3. The molecule has 0 saturated carbocycles. The van der Waals surface area contributed by atoms with Gasteiger partial charge in [-0.3, -0.25) is 14.4 Å². The molecule has 0 aliphatic carbocycles. The van der Waals surface area contributed by atoms with Crippen molar-refractivity contribution in [2.75, 3.05) is 0 Å². The lowest BCUT2D eigenvalue weighted by Crippen LogP contribution is -2.45. The van der Waals surface area contributed by atoms with Crippen LogP contribution in [0.1, 0.15) is 96.5 Å². The smallest absolute Gasteiger partial charge is 0.309 e. The lowest BCUT2D eigenvalue weighted by molar-refractivity contribution is -0.154. The van der Waals surface area contributed by atoms with E-state index in [0.717, 1.165) is 30.4 Å². The minimum absolute atomic E-state index is 0.00727. The summed E-state index contributed by atoms with van der Waals surface area (Å²) >= 11 is 0. The number of ether oxygens (including phenoxy) is 2. The van der Waals surface area contributed by atoms with Crippen molar-refractivity contribution in [3.8, 4) is 0 Å². The molecule has 2 unspecified atom stereocenters. The van der Waals surface area contributed by atoms with E-state index in [1.807, 2.05) is 32.1 Å². The van der Waals surface area contributed by atoms with Gasteiger partial charge in [-0.1, -0.05) is 64.5 Å². The molecule has 2 saturated heterocycles. The van der Waals surface area contributed by atoms with Gasteiger partial charge in [-0.25, -0.2) is 0 Å². The first-order valence-electron chi connectivity index (χ1n) is 13.7. The topological polar surface area (TPSA) is 113 Å². The lowest BCUT2D eigenvalue weighted by atomic mass is 9.73. The molecular weight excluding hydrogens is 484 g/mol. The van der Waals surface area contributed by atoms with Gasteiger partial charge in [-0.2, -0.15) is 0 Å². The van der Waals surface area contributed by atoms with Crippen molar-refractivity contribution in [3.63, 3.8) is 0 Å². The lowest BCUT2D eigenvalue weighted by Gasteiger charge is -2.34. The van der Waals surface area contributed by atoms with Crippen molar-refractivity contribution in [2.45, 2.75) is 111 Å². The molecule has 1 aromatic carbocycles. The third-order valence-corrected chi connectivity index (χ3v) is 8.63. The minimum Gasteiger partial charge on any atom is -0.458 e. The van der Waals surface area contributed by atoms with Gasteiger partial charge in [0.25, 0.3) is 0 Å². The van der Waals surface area contributed by atoms with Crippen molar-refractivity contribution in [1.82, 2.24) is 0 Å². The Morgan fingerprint density at radius 3 is 2.29 bits per heavy atom.